The summed E-state index contributed by atoms with van der Waals surface area (Å²) in [6, 6.07) is 16.5. The van der Waals surface area contributed by atoms with E-state index in [9.17, 15) is 4.79 Å². The predicted molar refractivity (Wildman–Crippen MR) is 65.3 cm³/mol. The van der Waals surface area contributed by atoms with Gasteiger partial charge in [0.1, 0.15) is 0 Å². The highest BCUT2D eigenvalue weighted by molar-refractivity contribution is 6.09. The van der Waals surface area contributed by atoms with Crippen LogP contribution in [0.4, 0.5) is 0 Å². The minimum Gasteiger partial charge on any atom is -0.300 e. The summed E-state index contributed by atoms with van der Waals surface area (Å²) in [6.45, 7) is 0.231. The highest BCUT2D eigenvalue weighted by Gasteiger charge is 2.12. The lowest BCUT2D eigenvalue weighted by Crippen LogP contribution is -2.08. The molecule has 86 valence electrons. The molecule has 0 bridgehead atoms. The van der Waals surface area contributed by atoms with Crippen molar-refractivity contribution in [3.63, 3.8) is 0 Å². The molecule has 0 spiro atoms. The first-order valence-electron chi connectivity index (χ1n) is 5.32. The molecule has 0 aromatic heterocycles. The monoisotopic (exact) mass is 227 g/mol. The van der Waals surface area contributed by atoms with Crippen molar-refractivity contribution in [2.45, 2.75) is 6.61 Å². The molecular weight excluding hydrogens is 214 g/mol. The molecule has 0 saturated carbocycles. The zero-order valence-electron chi connectivity index (χ0n) is 9.30. The van der Waals surface area contributed by atoms with Gasteiger partial charge in [0.25, 0.3) is 0 Å². The van der Waals surface area contributed by atoms with Crippen LogP contribution in [0.15, 0.2) is 54.6 Å². The van der Waals surface area contributed by atoms with Crippen molar-refractivity contribution in [2.75, 3.05) is 0 Å². The Bertz CT molecular complexity index is 509. The molecule has 0 radical (unpaired) electrons. The average Bonchev–Trinajstić information content (AvgIpc) is 2.40. The maximum absolute atomic E-state index is 12.2. The second-order valence-corrected chi connectivity index (χ2v) is 3.66. The van der Waals surface area contributed by atoms with Gasteiger partial charge in [-0.2, -0.15) is 0 Å². The molecule has 3 nitrogen and oxygen atoms in total. The first-order chi connectivity index (χ1) is 8.33. The Labute approximate surface area is 99.8 Å². The molecular formula is C14H13NO2. The topological polar surface area (TPSA) is 52.3 Å². The number of benzene rings is 2. The van der Waals surface area contributed by atoms with Gasteiger partial charge in [-0.1, -0.05) is 54.6 Å². The fourth-order valence-electron chi connectivity index (χ4n) is 1.70. The third-order valence-electron chi connectivity index (χ3n) is 2.54. The minimum absolute atomic E-state index is 0.0155. The number of hydrogen-bond acceptors (Lipinski definition) is 3. The summed E-state index contributed by atoms with van der Waals surface area (Å²) in [6.07, 6.45) is 0. The van der Waals surface area contributed by atoms with Crippen LogP contribution >= 0.6 is 0 Å². The lowest BCUT2D eigenvalue weighted by atomic mass is 9.99. The fourth-order valence-corrected chi connectivity index (χ4v) is 1.70. The molecule has 0 aliphatic rings. The lowest BCUT2D eigenvalue weighted by Gasteiger charge is -2.07. The molecule has 0 aliphatic carbocycles. The van der Waals surface area contributed by atoms with Gasteiger partial charge in [0, 0.05) is 11.1 Å². The van der Waals surface area contributed by atoms with Gasteiger partial charge in [0.2, 0.25) is 0 Å². The average molecular weight is 227 g/mol. The minimum atomic E-state index is -0.0155. The zero-order chi connectivity index (χ0) is 12.1. The molecule has 17 heavy (non-hydrogen) atoms. The number of nitrogens with two attached hydrogens (primary N) is 1. The third kappa shape index (κ3) is 2.58. The summed E-state index contributed by atoms with van der Waals surface area (Å²) >= 11 is 0. The van der Waals surface area contributed by atoms with Crippen LogP contribution in [-0.4, -0.2) is 5.78 Å². The summed E-state index contributed by atoms with van der Waals surface area (Å²) < 4.78 is 0. The van der Waals surface area contributed by atoms with Crippen molar-refractivity contribution in [3.8, 4) is 0 Å². The van der Waals surface area contributed by atoms with E-state index in [1.807, 2.05) is 36.4 Å². The number of rotatable bonds is 4. The van der Waals surface area contributed by atoms with Crippen molar-refractivity contribution in [3.05, 3.63) is 71.3 Å². The predicted octanol–water partition coefficient (Wildman–Crippen LogP) is 2.31. The molecule has 0 saturated heterocycles. The molecule has 2 rings (SSSR count). The van der Waals surface area contributed by atoms with Crippen LogP contribution in [0.2, 0.25) is 0 Å². The maximum Gasteiger partial charge on any atom is 0.193 e. The van der Waals surface area contributed by atoms with Gasteiger partial charge < -0.3 is 0 Å². The van der Waals surface area contributed by atoms with Crippen molar-refractivity contribution >= 4 is 5.78 Å². The van der Waals surface area contributed by atoms with Crippen molar-refractivity contribution in [1.29, 1.82) is 0 Å². The van der Waals surface area contributed by atoms with Gasteiger partial charge in [0.15, 0.2) is 5.78 Å². The van der Waals surface area contributed by atoms with Crippen LogP contribution in [0.5, 0.6) is 0 Å². The molecule has 2 aromatic rings. The third-order valence-corrected chi connectivity index (χ3v) is 2.54. The number of carbonyl (C=O) groups is 1. The van der Waals surface area contributed by atoms with E-state index in [2.05, 4.69) is 4.84 Å². The maximum atomic E-state index is 12.2. The van der Waals surface area contributed by atoms with Crippen LogP contribution in [0, 0.1) is 0 Å². The van der Waals surface area contributed by atoms with Crippen LogP contribution in [0.25, 0.3) is 0 Å². The summed E-state index contributed by atoms with van der Waals surface area (Å²) in [4.78, 5) is 16.8. The quantitative estimate of drug-likeness (QED) is 0.644. The second-order valence-electron chi connectivity index (χ2n) is 3.66. The fraction of sp³-hybridized carbons (Fsp3) is 0.0714. The largest absolute Gasteiger partial charge is 0.300 e. The first-order valence-corrected chi connectivity index (χ1v) is 5.32. The molecule has 0 aliphatic heterocycles. The normalized spacial score (nSPS) is 10.2. The van der Waals surface area contributed by atoms with Crippen LogP contribution < -0.4 is 5.90 Å². The summed E-state index contributed by atoms with van der Waals surface area (Å²) in [7, 11) is 0. The van der Waals surface area contributed by atoms with E-state index < -0.39 is 0 Å². The highest BCUT2D eigenvalue weighted by atomic mass is 16.6. The Hall–Kier alpha value is -1.97. The van der Waals surface area contributed by atoms with Gasteiger partial charge in [-0.15, -0.1) is 0 Å². The Morgan fingerprint density at radius 1 is 1.00 bits per heavy atom. The molecule has 0 unspecified atom stereocenters. The van der Waals surface area contributed by atoms with Gasteiger partial charge in [-0.25, -0.2) is 5.90 Å². The van der Waals surface area contributed by atoms with Crippen molar-refractivity contribution in [1.82, 2.24) is 0 Å². The van der Waals surface area contributed by atoms with Crippen molar-refractivity contribution < 1.29 is 9.63 Å². The van der Waals surface area contributed by atoms with Gasteiger partial charge >= 0.3 is 0 Å². The van der Waals surface area contributed by atoms with E-state index in [4.69, 9.17) is 5.90 Å². The standard InChI is InChI=1S/C14H13NO2/c15-17-10-12-8-4-5-9-13(12)14(16)11-6-2-1-3-7-11/h1-9H,10,15H2. The molecule has 2 N–H and O–H groups in total. The van der Waals surface area contributed by atoms with E-state index in [1.165, 1.54) is 0 Å². The second kappa shape index (κ2) is 5.39. The van der Waals surface area contributed by atoms with E-state index in [1.54, 1.807) is 18.2 Å². The van der Waals surface area contributed by atoms with E-state index in [-0.39, 0.29) is 12.4 Å². The number of carbonyl (C=O) groups excluding carboxylic acids is 1. The highest BCUT2D eigenvalue weighted by Crippen LogP contribution is 2.15. The van der Waals surface area contributed by atoms with Gasteiger partial charge in [-0.05, 0) is 5.56 Å². The number of ketones is 1. The van der Waals surface area contributed by atoms with E-state index >= 15 is 0 Å². The van der Waals surface area contributed by atoms with Gasteiger partial charge in [0.05, 0.1) is 6.61 Å². The lowest BCUT2D eigenvalue weighted by molar-refractivity contribution is 0.102. The molecule has 0 amide bonds. The zero-order valence-corrected chi connectivity index (χ0v) is 9.30. The van der Waals surface area contributed by atoms with E-state index in [0.29, 0.717) is 11.1 Å². The summed E-state index contributed by atoms with van der Waals surface area (Å²) in [5.41, 5.74) is 2.09. The Morgan fingerprint density at radius 2 is 1.65 bits per heavy atom. The Morgan fingerprint density at radius 3 is 2.35 bits per heavy atom. The smallest absolute Gasteiger partial charge is 0.193 e. The molecule has 3 heteroatoms. The summed E-state index contributed by atoms with van der Waals surface area (Å²) in [5.74, 6) is 5.04. The van der Waals surface area contributed by atoms with Crippen LogP contribution in [0.1, 0.15) is 21.5 Å². The molecule has 0 atom stereocenters. The molecule has 0 heterocycles. The van der Waals surface area contributed by atoms with Crippen LogP contribution in [-0.2, 0) is 11.4 Å². The van der Waals surface area contributed by atoms with Gasteiger partial charge in [-0.3, -0.25) is 9.63 Å². The Balaban J connectivity index is 2.37. The first kappa shape index (κ1) is 11.5. The molecule has 0 fully saturated rings. The van der Waals surface area contributed by atoms with Crippen molar-refractivity contribution in [2.24, 2.45) is 5.90 Å². The SMILES string of the molecule is NOCc1ccccc1C(=O)c1ccccc1. The number of hydrogen-bond donors (Lipinski definition) is 1. The van der Waals surface area contributed by atoms with E-state index in [0.717, 1.165) is 5.56 Å². The Kier molecular flexibility index (Phi) is 3.65. The molecule has 2 aromatic carbocycles. The van der Waals surface area contributed by atoms with Crippen LogP contribution in [0.3, 0.4) is 0 Å². The summed E-state index contributed by atoms with van der Waals surface area (Å²) in [5, 5.41) is 0.